The molecule has 0 saturated carbocycles. The number of hydrogen-bond acceptors (Lipinski definition) is 4. The van der Waals surface area contributed by atoms with Crippen molar-refractivity contribution in [2.75, 3.05) is 7.11 Å². The Morgan fingerprint density at radius 3 is 2.44 bits per heavy atom. The number of methoxy groups -OCH3 is 1. The lowest BCUT2D eigenvalue weighted by Crippen LogP contribution is -2.58. The molecule has 0 aliphatic heterocycles. The summed E-state index contributed by atoms with van der Waals surface area (Å²) < 4.78 is 11.0. The number of ether oxygens (including phenoxy) is 2. The number of primary amides is 1. The first-order chi connectivity index (χ1) is 11.5. The molecule has 1 aliphatic rings. The highest BCUT2D eigenvalue weighted by Gasteiger charge is 2.44. The van der Waals surface area contributed by atoms with E-state index in [2.05, 4.69) is 5.32 Å². The fraction of sp³-hybridized carbons (Fsp3) is 0.579. The monoisotopic (exact) mass is 348 g/mol. The molecule has 0 heterocycles. The van der Waals surface area contributed by atoms with E-state index in [1.165, 1.54) is 0 Å². The lowest BCUT2D eigenvalue weighted by molar-refractivity contribution is 0.0156. The Bertz CT molecular complexity index is 676. The number of nitrogens with one attached hydrogen (secondary N) is 1. The van der Waals surface area contributed by atoms with Crippen LogP contribution in [0.15, 0.2) is 18.2 Å². The molecule has 0 saturated heterocycles. The van der Waals surface area contributed by atoms with Gasteiger partial charge in [-0.1, -0.05) is 19.9 Å². The van der Waals surface area contributed by atoms with Crippen molar-refractivity contribution < 1.29 is 19.1 Å². The molecule has 2 amide bonds. The van der Waals surface area contributed by atoms with Crippen molar-refractivity contribution in [1.29, 1.82) is 0 Å². The van der Waals surface area contributed by atoms with E-state index < -0.39 is 23.0 Å². The number of benzene rings is 1. The molecule has 1 aliphatic carbocycles. The molecular weight excluding hydrogens is 320 g/mol. The van der Waals surface area contributed by atoms with Crippen molar-refractivity contribution >= 4 is 12.0 Å². The van der Waals surface area contributed by atoms with E-state index in [1.54, 1.807) is 13.2 Å². The lowest BCUT2D eigenvalue weighted by Gasteiger charge is -2.45. The van der Waals surface area contributed by atoms with Crippen LogP contribution in [0.5, 0.6) is 0 Å². The smallest absolute Gasteiger partial charge is 0.407 e. The molecule has 6 nitrogen and oxygen atoms in total. The SMILES string of the molecule is CO[C@@H]1Cc2ccc(C(N)=O)cc2C(C)(C)[C@H]1NC(=O)OC(C)(C)C. The Balaban J connectivity index is 2.38. The minimum atomic E-state index is -0.581. The normalized spacial score (nSPS) is 22.0. The molecule has 6 heteroatoms. The van der Waals surface area contributed by atoms with Crippen molar-refractivity contribution in [3.05, 3.63) is 34.9 Å². The molecule has 0 aromatic heterocycles. The van der Waals surface area contributed by atoms with E-state index >= 15 is 0 Å². The average molecular weight is 348 g/mol. The molecule has 2 atom stereocenters. The summed E-state index contributed by atoms with van der Waals surface area (Å²) >= 11 is 0. The molecule has 2 rings (SSSR count). The summed E-state index contributed by atoms with van der Waals surface area (Å²) in [7, 11) is 1.63. The molecule has 0 bridgehead atoms. The molecule has 0 radical (unpaired) electrons. The highest BCUT2D eigenvalue weighted by Crippen LogP contribution is 2.38. The van der Waals surface area contributed by atoms with Crippen LogP contribution >= 0.6 is 0 Å². The Kier molecular flexibility index (Phi) is 5.14. The van der Waals surface area contributed by atoms with Crippen LogP contribution in [0.4, 0.5) is 4.79 Å². The van der Waals surface area contributed by atoms with Gasteiger partial charge in [0.2, 0.25) is 5.91 Å². The maximum Gasteiger partial charge on any atom is 0.407 e. The second kappa shape index (κ2) is 6.67. The summed E-state index contributed by atoms with van der Waals surface area (Å²) in [4.78, 5) is 23.8. The Morgan fingerprint density at radius 2 is 1.92 bits per heavy atom. The van der Waals surface area contributed by atoms with Gasteiger partial charge in [-0.15, -0.1) is 0 Å². The predicted octanol–water partition coefficient (Wildman–Crippen LogP) is 2.53. The number of fused-ring (bicyclic) bond motifs is 1. The first kappa shape index (κ1) is 19.2. The van der Waals surface area contributed by atoms with Gasteiger partial charge in [0, 0.05) is 24.5 Å². The van der Waals surface area contributed by atoms with Crippen molar-refractivity contribution in [3.8, 4) is 0 Å². The van der Waals surface area contributed by atoms with Crippen LogP contribution in [0, 0.1) is 0 Å². The fourth-order valence-electron chi connectivity index (χ4n) is 3.40. The van der Waals surface area contributed by atoms with Gasteiger partial charge in [0.1, 0.15) is 5.60 Å². The largest absolute Gasteiger partial charge is 0.444 e. The third kappa shape index (κ3) is 4.12. The van der Waals surface area contributed by atoms with Crippen LogP contribution in [-0.2, 0) is 21.3 Å². The first-order valence-electron chi connectivity index (χ1n) is 8.41. The van der Waals surface area contributed by atoms with Gasteiger partial charge in [-0.2, -0.15) is 0 Å². The van der Waals surface area contributed by atoms with Gasteiger partial charge >= 0.3 is 6.09 Å². The summed E-state index contributed by atoms with van der Waals surface area (Å²) in [5.41, 5.74) is 6.91. The molecule has 138 valence electrons. The van der Waals surface area contributed by atoms with Gasteiger partial charge in [0.25, 0.3) is 0 Å². The van der Waals surface area contributed by atoms with Crippen molar-refractivity contribution in [1.82, 2.24) is 5.32 Å². The van der Waals surface area contributed by atoms with E-state index in [-0.39, 0.29) is 12.1 Å². The van der Waals surface area contributed by atoms with Gasteiger partial charge in [0.05, 0.1) is 12.1 Å². The summed E-state index contributed by atoms with van der Waals surface area (Å²) in [5, 5.41) is 2.95. The van der Waals surface area contributed by atoms with Crippen molar-refractivity contribution in [2.24, 2.45) is 5.73 Å². The minimum absolute atomic E-state index is 0.200. The standard InChI is InChI=1S/C19H28N2O4/c1-18(2,3)25-17(23)21-15-14(24-6)10-11-7-8-12(16(20)22)9-13(11)19(15,4)5/h7-9,14-15H,10H2,1-6H3,(H2,20,22)(H,21,23)/t14-,15+/m1/s1. The Hall–Kier alpha value is -2.08. The second-order valence-corrected chi connectivity index (χ2v) is 8.06. The molecular formula is C19H28N2O4. The third-order valence-electron chi connectivity index (χ3n) is 4.63. The number of carbonyl (C=O) groups excluding carboxylic acids is 2. The number of rotatable bonds is 3. The molecule has 25 heavy (non-hydrogen) atoms. The van der Waals surface area contributed by atoms with Gasteiger partial charge in [-0.3, -0.25) is 4.79 Å². The van der Waals surface area contributed by atoms with Crippen LogP contribution < -0.4 is 11.1 Å². The number of hydrogen-bond donors (Lipinski definition) is 2. The molecule has 0 unspecified atom stereocenters. The van der Waals surface area contributed by atoms with E-state index in [4.69, 9.17) is 15.2 Å². The summed E-state index contributed by atoms with van der Waals surface area (Å²) in [6.45, 7) is 9.50. The third-order valence-corrected chi connectivity index (χ3v) is 4.63. The molecule has 0 spiro atoms. The summed E-state index contributed by atoms with van der Waals surface area (Å²) in [6.07, 6.45) is -0.0500. The predicted molar refractivity (Wildman–Crippen MR) is 95.6 cm³/mol. The van der Waals surface area contributed by atoms with Crippen LogP contribution in [0.2, 0.25) is 0 Å². The number of nitrogens with two attached hydrogens (primary N) is 1. The zero-order chi connectivity index (χ0) is 19.0. The molecule has 1 aromatic rings. The lowest BCUT2D eigenvalue weighted by atomic mass is 9.67. The highest BCUT2D eigenvalue weighted by molar-refractivity contribution is 5.93. The maximum atomic E-state index is 12.3. The van der Waals surface area contributed by atoms with E-state index in [0.717, 1.165) is 11.1 Å². The van der Waals surface area contributed by atoms with E-state index in [9.17, 15) is 9.59 Å². The fourth-order valence-corrected chi connectivity index (χ4v) is 3.40. The van der Waals surface area contributed by atoms with Crippen molar-refractivity contribution in [3.63, 3.8) is 0 Å². The number of carbonyl (C=O) groups is 2. The van der Waals surface area contributed by atoms with Gasteiger partial charge in [-0.25, -0.2) is 4.79 Å². The molecule has 3 N–H and O–H groups in total. The zero-order valence-corrected chi connectivity index (χ0v) is 15.8. The second-order valence-electron chi connectivity index (χ2n) is 8.06. The van der Waals surface area contributed by atoms with Crippen LogP contribution in [0.3, 0.4) is 0 Å². The van der Waals surface area contributed by atoms with E-state index in [0.29, 0.717) is 12.0 Å². The van der Waals surface area contributed by atoms with Gasteiger partial charge in [0.15, 0.2) is 0 Å². The first-order valence-corrected chi connectivity index (χ1v) is 8.41. The summed E-state index contributed by atoms with van der Waals surface area (Å²) in [5.74, 6) is -0.468. The van der Waals surface area contributed by atoms with Crippen LogP contribution in [0.25, 0.3) is 0 Å². The Labute approximate surface area is 149 Å². The highest BCUT2D eigenvalue weighted by atomic mass is 16.6. The number of amides is 2. The molecule has 1 aromatic carbocycles. The van der Waals surface area contributed by atoms with Crippen molar-refractivity contribution in [2.45, 2.75) is 64.2 Å². The summed E-state index contributed by atoms with van der Waals surface area (Å²) in [6, 6.07) is 5.15. The molecule has 0 fully saturated rings. The van der Waals surface area contributed by atoms with Gasteiger partial charge < -0.3 is 20.5 Å². The zero-order valence-electron chi connectivity index (χ0n) is 15.8. The van der Waals surface area contributed by atoms with Gasteiger partial charge in [-0.05, 0) is 44.0 Å². The topological polar surface area (TPSA) is 90.6 Å². The number of alkyl carbamates (subject to hydrolysis) is 1. The van der Waals surface area contributed by atoms with Crippen LogP contribution in [0.1, 0.15) is 56.1 Å². The quantitative estimate of drug-likeness (QED) is 0.878. The van der Waals surface area contributed by atoms with E-state index in [1.807, 2.05) is 46.8 Å². The average Bonchev–Trinajstić information content (AvgIpc) is 2.47. The van der Waals surface area contributed by atoms with Crippen LogP contribution in [-0.4, -0.2) is 36.9 Å². The Morgan fingerprint density at radius 1 is 1.28 bits per heavy atom. The minimum Gasteiger partial charge on any atom is -0.444 e. The maximum absolute atomic E-state index is 12.3.